The van der Waals surface area contributed by atoms with Crippen molar-refractivity contribution in [3.05, 3.63) is 60.8 Å². The first-order valence-electron chi connectivity index (χ1n) is 19.6. The molecule has 0 aliphatic heterocycles. The molecule has 0 saturated carbocycles. The summed E-state index contributed by atoms with van der Waals surface area (Å²) in [6.45, 7) is 3.58. The first kappa shape index (κ1) is 47.8. The Bertz CT molecular complexity index is 995. The fraction of sp³-hybridized carbons (Fsp3) is 0.707. The molecule has 2 N–H and O–H groups in total. The number of carbonyl (C=O) groups excluding carboxylic acids is 2. The summed E-state index contributed by atoms with van der Waals surface area (Å²) in [7, 11) is -4.76. The van der Waals surface area contributed by atoms with E-state index >= 15 is 0 Å². The number of rotatable bonds is 35. The van der Waals surface area contributed by atoms with E-state index in [9.17, 15) is 14.2 Å². The lowest BCUT2D eigenvalue weighted by Gasteiger charge is -2.18. The van der Waals surface area contributed by atoms with E-state index in [4.69, 9.17) is 19.3 Å². The number of hydrogen-bond donors (Lipinski definition) is 2. The lowest BCUT2D eigenvalue weighted by molar-refractivity contribution is -0.161. The molecule has 0 fully saturated rings. The van der Waals surface area contributed by atoms with E-state index in [0.717, 1.165) is 64.2 Å². The SMILES string of the molecule is CCCCC/C=C/C/C=C/C/C=C/CCCCC(=O)OC[C@H](COP(=O)(O)O)OC(=O)CCCCCCCCC/C=C/C/C=C/CCCCC. The van der Waals surface area contributed by atoms with E-state index in [0.29, 0.717) is 12.8 Å². The van der Waals surface area contributed by atoms with Crippen LogP contribution in [0.4, 0.5) is 0 Å². The molecule has 0 amide bonds. The molecule has 0 aliphatic rings. The standard InChI is InChI=1S/C41H71O8P/c1-3-5-7-9-11-13-15-17-19-20-22-24-26-28-30-32-34-36-41(43)49-39(38-48-50(44,45)46)37-47-40(42)35-33-31-29-27-25-23-21-18-16-14-12-10-8-6-4-2/h11-14,17-19,21,25,27,39H,3-10,15-16,20,22-24,26,28-38H2,1-2H3,(H2,44,45,46)/b13-11+,14-12+,19-17+,21-18+,27-25+/t39-/m1/s1. The van der Waals surface area contributed by atoms with Crippen molar-refractivity contribution in [1.29, 1.82) is 0 Å². The molecule has 0 aromatic rings. The molecule has 8 nitrogen and oxygen atoms in total. The minimum Gasteiger partial charge on any atom is -0.462 e. The number of allylic oxidation sites excluding steroid dienone is 10. The van der Waals surface area contributed by atoms with Gasteiger partial charge < -0.3 is 19.3 Å². The summed E-state index contributed by atoms with van der Waals surface area (Å²) in [4.78, 5) is 42.7. The van der Waals surface area contributed by atoms with Crippen LogP contribution in [0.5, 0.6) is 0 Å². The van der Waals surface area contributed by atoms with Gasteiger partial charge in [0.05, 0.1) is 6.61 Å². The molecule has 0 aromatic carbocycles. The third kappa shape index (κ3) is 38.6. The third-order valence-electron chi connectivity index (χ3n) is 8.01. The van der Waals surface area contributed by atoms with Crippen LogP contribution in [0.2, 0.25) is 0 Å². The number of ether oxygens (including phenoxy) is 2. The molecule has 0 aliphatic carbocycles. The van der Waals surface area contributed by atoms with Gasteiger partial charge in [-0.25, -0.2) is 4.57 Å². The summed E-state index contributed by atoms with van der Waals surface area (Å²) in [6.07, 6.45) is 45.1. The lowest BCUT2D eigenvalue weighted by Crippen LogP contribution is -2.29. The molecule has 0 heterocycles. The van der Waals surface area contributed by atoms with Crippen molar-refractivity contribution in [3.63, 3.8) is 0 Å². The summed E-state index contributed by atoms with van der Waals surface area (Å²) >= 11 is 0. The third-order valence-corrected chi connectivity index (χ3v) is 8.49. The minimum absolute atomic E-state index is 0.192. The van der Waals surface area contributed by atoms with E-state index in [1.165, 1.54) is 64.2 Å². The first-order chi connectivity index (χ1) is 24.3. The second-order valence-corrected chi connectivity index (χ2v) is 14.1. The van der Waals surface area contributed by atoms with Crippen LogP contribution < -0.4 is 0 Å². The van der Waals surface area contributed by atoms with Crippen LogP contribution in [0.15, 0.2) is 60.8 Å². The van der Waals surface area contributed by atoms with Crippen LogP contribution in [-0.4, -0.2) is 41.0 Å². The van der Waals surface area contributed by atoms with Crippen molar-refractivity contribution in [2.24, 2.45) is 0 Å². The zero-order valence-electron chi connectivity index (χ0n) is 31.5. The van der Waals surface area contributed by atoms with Crippen LogP contribution in [0.1, 0.15) is 168 Å². The first-order valence-corrected chi connectivity index (χ1v) is 21.1. The van der Waals surface area contributed by atoms with Gasteiger partial charge in [0, 0.05) is 12.8 Å². The fourth-order valence-electron chi connectivity index (χ4n) is 5.06. The van der Waals surface area contributed by atoms with Crippen molar-refractivity contribution >= 4 is 19.8 Å². The van der Waals surface area contributed by atoms with Crippen molar-refractivity contribution in [2.45, 2.75) is 174 Å². The summed E-state index contributed by atoms with van der Waals surface area (Å²) < 4.78 is 26.3. The van der Waals surface area contributed by atoms with Gasteiger partial charge in [-0.15, -0.1) is 0 Å². The molecule has 0 aromatic heterocycles. The molecule has 0 radical (unpaired) electrons. The summed E-state index contributed by atoms with van der Waals surface area (Å²) in [5, 5.41) is 0. The second kappa shape index (κ2) is 36.5. The second-order valence-electron chi connectivity index (χ2n) is 12.9. The van der Waals surface area contributed by atoms with Crippen molar-refractivity contribution in [3.8, 4) is 0 Å². The molecule has 0 bridgehead atoms. The number of phosphoric acid groups is 1. The van der Waals surface area contributed by atoms with Crippen molar-refractivity contribution < 1.29 is 37.9 Å². The Morgan fingerprint density at radius 2 is 0.900 bits per heavy atom. The maximum atomic E-state index is 12.4. The van der Waals surface area contributed by atoms with Crippen LogP contribution in [0, 0.1) is 0 Å². The van der Waals surface area contributed by atoms with E-state index < -0.39 is 32.5 Å². The Balaban J connectivity index is 4.04. The summed E-state index contributed by atoms with van der Waals surface area (Å²) in [6, 6.07) is 0. The van der Waals surface area contributed by atoms with E-state index in [2.05, 4.69) is 79.1 Å². The Morgan fingerprint density at radius 3 is 1.38 bits per heavy atom. The maximum absolute atomic E-state index is 12.4. The quantitative estimate of drug-likeness (QED) is 0.0287. The van der Waals surface area contributed by atoms with E-state index in [-0.39, 0.29) is 19.4 Å². The number of phosphoric ester groups is 1. The van der Waals surface area contributed by atoms with Gasteiger partial charge >= 0.3 is 19.8 Å². The van der Waals surface area contributed by atoms with Crippen molar-refractivity contribution in [2.75, 3.05) is 13.2 Å². The van der Waals surface area contributed by atoms with Crippen LogP contribution in [-0.2, 0) is 28.2 Å². The zero-order valence-corrected chi connectivity index (χ0v) is 32.4. The van der Waals surface area contributed by atoms with Gasteiger partial charge in [-0.05, 0) is 83.5 Å². The molecule has 0 spiro atoms. The van der Waals surface area contributed by atoms with Crippen LogP contribution >= 0.6 is 7.82 Å². The molecular weight excluding hydrogens is 651 g/mol. The number of esters is 2. The highest BCUT2D eigenvalue weighted by molar-refractivity contribution is 7.46. The van der Waals surface area contributed by atoms with Crippen molar-refractivity contribution in [1.82, 2.24) is 0 Å². The highest BCUT2D eigenvalue weighted by Crippen LogP contribution is 2.36. The highest BCUT2D eigenvalue weighted by atomic mass is 31.2. The highest BCUT2D eigenvalue weighted by Gasteiger charge is 2.22. The van der Waals surface area contributed by atoms with Crippen LogP contribution in [0.3, 0.4) is 0 Å². The summed E-state index contributed by atoms with van der Waals surface area (Å²) in [5.74, 6) is -0.943. The van der Waals surface area contributed by atoms with Crippen LogP contribution in [0.25, 0.3) is 0 Å². The number of unbranched alkanes of at least 4 members (excludes halogenated alkanes) is 15. The molecule has 288 valence electrons. The lowest BCUT2D eigenvalue weighted by atomic mass is 10.1. The number of hydrogen-bond acceptors (Lipinski definition) is 6. The van der Waals surface area contributed by atoms with Gasteiger partial charge in [-0.2, -0.15) is 0 Å². The Morgan fingerprint density at radius 1 is 0.520 bits per heavy atom. The molecule has 50 heavy (non-hydrogen) atoms. The van der Waals surface area contributed by atoms with Gasteiger partial charge in [-0.1, -0.05) is 132 Å². The number of carbonyl (C=O) groups is 2. The van der Waals surface area contributed by atoms with E-state index in [1.54, 1.807) is 0 Å². The minimum atomic E-state index is -4.76. The molecule has 9 heteroatoms. The Labute approximate surface area is 305 Å². The molecule has 0 saturated heterocycles. The average molecular weight is 723 g/mol. The molecule has 0 unspecified atom stereocenters. The molecule has 1 atom stereocenters. The largest absolute Gasteiger partial charge is 0.469 e. The topological polar surface area (TPSA) is 119 Å². The van der Waals surface area contributed by atoms with E-state index in [1.807, 2.05) is 0 Å². The predicted molar refractivity (Wildman–Crippen MR) is 207 cm³/mol. The fourth-order valence-corrected chi connectivity index (χ4v) is 5.42. The average Bonchev–Trinajstić information content (AvgIpc) is 3.08. The zero-order chi connectivity index (χ0) is 36.8. The molecule has 0 rings (SSSR count). The van der Waals surface area contributed by atoms with Gasteiger partial charge in [0.25, 0.3) is 0 Å². The normalized spacial score (nSPS) is 13.1. The van der Waals surface area contributed by atoms with Gasteiger partial charge in [0.2, 0.25) is 0 Å². The Hall–Kier alpha value is -2.25. The predicted octanol–water partition coefficient (Wildman–Crippen LogP) is 11.7. The smallest absolute Gasteiger partial charge is 0.462 e. The maximum Gasteiger partial charge on any atom is 0.469 e. The van der Waals surface area contributed by atoms with Gasteiger partial charge in [0.1, 0.15) is 6.61 Å². The molecular formula is C41H71O8P. The van der Waals surface area contributed by atoms with Gasteiger partial charge in [0.15, 0.2) is 6.10 Å². The summed E-state index contributed by atoms with van der Waals surface area (Å²) in [5.41, 5.74) is 0. The monoisotopic (exact) mass is 722 g/mol. The Kier molecular flexibility index (Phi) is 34.9. The van der Waals surface area contributed by atoms with Gasteiger partial charge in [-0.3, -0.25) is 14.1 Å².